The van der Waals surface area contributed by atoms with Gasteiger partial charge in [-0.05, 0) is 31.7 Å². The molecule has 1 aromatic carbocycles. The smallest absolute Gasteiger partial charge is 0.0702 e. The monoisotopic (exact) mass is 253 g/mol. The molecule has 0 amide bonds. The predicted molar refractivity (Wildman–Crippen MR) is 72.6 cm³/mol. The Labute approximate surface area is 108 Å². The third kappa shape index (κ3) is 2.75. The minimum atomic E-state index is 0.0526. The molecule has 94 valence electrons. The Morgan fingerprint density at radius 2 is 2.18 bits per heavy atom. The summed E-state index contributed by atoms with van der Waals surface area (Å²) in [6.07, 6.45) is 4.02. The number of benzene rings is 1. The van der Waals surface area contributed by atoms with Crippen LogP contribution in [-0.2, 0) is 6.61 Å². The van der Waals surface area contributed by atoms with Crippen LogP contribution in [0.1, 0.15) is 31.7 Å². The molecule has 3 heteroatoms. The molecule has 0 saturated heterocycles. The number of anilines is 1. The molecule has 2 nitrogen and oxygen atoms in total. The third-order valence-electron chi connectivity index (χ3n) is 3.64. The lowest BCUT2D eigenvalue weighted by Crippen LogP contribution is -2.33. The summed E-state index contributed by atoms with van der Waals surface area (Å²) in [4.78, 5) is 2.30. The van der Waals surface area contributed by atoms with Crippen LogP contribution in [0, 0.1) is 5.92 Å². The van der Waals surface area contributed by atoms with E-state index in [9.17, 15) is 5.11 Å². The normalized spacial score (nSPS) is 15.7. The van der Waals surface area contributed by atoms with Crippen molar-refractivity contribution in [3.8, 4) is 0 Å². The van der Waals surface area contributed by atoms with Crippen molar-refractivity contribution >= 4 is 17.3 Å². The highest BCUT2D eigenvalue weighted by Crippen LogP contribution is 2.34. The molecule has 0 bridgehead atoms. The highest BCUT2D eigenvalue weighted by Gasteiger charge is 2.22. The molecule has 1 N–H and O–H groups in total. The van der Waals surface area contributed by atoms with E-state index in [1.54, 1.807) is 0 Å². The van der Waals surface area contributed by atoms with Crippen LogP contribution < -0.4 is 4.90 Å². The first kappa shape index (κ1) is 12.7. The molecule has 0 aliphatic heterocycles. The molecule has 1 aromatic rings. The molecule has 0 aromatic heterocycles. The molecule has 1 aliphatic rings. The van der Waals surface area contributed by atoms with Gasteiger partial charge in [0.2, 0.25) is 0 Å². The van der Waals surface area contributed by atoms with Gasteiger partial charge in [-0.1, -0.05) is 30.2 Å². The summed E-state index contributed by atoms with van der Waals surface area (Å²) in [6, 6.07) is 5.75. The summed E-state index contributed by atoms with van der Waals surface area (Å²) >= 11 is 6.27. The summed E-state index contributed by atoms with van der Waals surface area (Å²) in [5.74, 6) is 0.803. The zero-order valence-corrected chi connectivity index (χ0v) is 11.1. The van der Waals surface area contributed by atoms with Crippen molar-refractivity contribution in [3.63, 3.8) is 0 Å². The standard InChI is InChI=1S/C14H20ClNO/c1-2-16(9-11-5-3-6-11)14-12(10-17)7-4-8-13(14)15/h4,7-8,11,17H,2-3,5-6,9-10H2,1H3. The lowest BCUT2D eigenvalue weighted by atomic mass is 9.85. The molecular weight excluding hydrogens is 234 g/mol. The van der Waals surface area contributed by atoms with Gasteiger partial charge >= 0.3 is 0 Å². The van der Waals surface area contributed by atoms with Gasteiger partial charge < -0.3 is 10.0 Å². The molecule has 1 fully saturated rings. The summed E-state index contributed by atoms with van der Waals surface area (Å²) in [5.41, 5.74) is 1.95. The van der Waals surface area contributed by atoms with Crippen LogP contribution in [0.3, 0.4) is 0 Å². The van der Waals surface area contributed by atoms with Crippen LogP contribution in [0.15, 0.2) is 18.2 Å². The first-order chi connectivity index (χ1) is 8.26. The zero-order chi connectivity index (χ0) is 12.3. The molecule has 17 heavy (non-hydrogen) atoms. The van der Waals surface area contributed by atoms with Crippen molar-refractivity contribution in [2.75, 3.05) is 18.0 Å². The Morgan fingerprint density at radius 1 is 1.41 bits per heavy atom. The van der Waals surface area contributed by atoms with Crippen LogP contribution in [0.5, 0.6) is 0 Å². The largest absolute Gasteiger partial charge is 0.392 e. The van der Waals surface area contributed by atoms with Gasteiger partial charge in [0.1, 0.15) is 0 Å². The minimum absolute atomic E-state index is 0.0526. The minimum Gasteiger partial charge on any atom is -0.392 e. The van der Waals surface area contributed by atoms with Gasteiger partial charge in [0.15, 0.2) is 0 Å². The molecular formula is C14H20ClNO. The Balaban J connectivity index is 2.21. The van der Waals surface area contributed by atoms with Crippen molar-refractivity contribution in [1.29, 1.82) is 0 Å². The quantitative estimate of drug-likeness (QED) is 0.869. The lowest BCUT2D eigenvalue weighted by molar-refractivity contribution is 0.281. The van der Waals surface area contributed by atoms with Crippen LogP contribution in [0.2, 0.25) is 5.02 Å². The van der Waals surface area contributed by atoms with Crippen LogP contribution in [0.25, 0.3) is 0 Å². The molecule has 1 aliphatic carbocycles. The van der Waals surface area contributed by atoms with E-state index >= 15 is 0 Å². The Kier molecular flexibility index (Phi) is 4.30. The Bertz CT molecular complexity index is 376. The lowest BCUT2D eigenvalue weighted by Gasteiger charge is -2.34. The highest BCUT2D eigenvalue weighted by molar-refractivity contribution is 6.33. The van der Waals surface area contributed by atoms with Crippen LogP contribution >= 0.6 is 11.6 Å². The highest BCUT2D eigenvalue weighted by atomic mass is 35.5. The van der Waals surface area contributed by atoms with Gasteiger partial charge in [0.05, 0.1) is 17.3 Å². The second-order valence-electron chi connectivity index (χ2n) is 4.74. The van der Waals surface area contributed by atoms with Crippen molar-refractivity contribution in [2.24, 2.45) is 5.92 Å². The molecule has 0 heterocycles. The number of hydrogen-bond donors (Lipinski definition) is 1. The molecule has 0 atom stereocenters. The number of aliphatic hydroxyl groups is 1. The summed E-state index contributed by atoms with van der Waals surface area (Å²) < 4.78 is 0. The number of rotatable bonds is 5. The second-order valence-corrected chi connectivity index (χ2v) is 5.15. The predicted octanol–water partition coefficient (Wildman–Crippen LogP) is 3.46. The summed E-state index contributed by atoms with van der Waals surface area (Å²) in [6.45, 7) is 4.20. The fraction of sp³-hybridized carbons (Fsp3) is 0.571. The summed E-state index contributed by atoms with van der Waals surface area (Å²) in [7, 11) is 0. The van der Waals surface area contributed by atoms with Crippen molar-refractivity contribution in [1.82, 2.24) is 0 Å². The van der Waals surface area contributed by atoms with Crippen molar-refractivity contribution < 1.29 is 5.11 Å². The van der Waals surface area contributed by atoms with Crippen LogP contribution in [-0.4, -0.2) is 18.2 Å². The van der Waals surface area contributed by atoms with E-state index in [1.807, 2.05) is 18.2 Å². The van der Waals surface area contributed by atoms with Gasteiger partial charge in [-0.25, -0.2) is 0 Å². The number of nitrogens with zero attached hydrogens (tertiary/aromatic N) is 1. The fourth-order valence-corrected chi connectivity index (χ4v) is 2.72. The molecule has 2 rings (SSSR count). The van der Waals surface area contributed by atoms with E-state index in [2.05, 4.69) is 11.8 Å². The second kappa shape index (κ2) is 5.74. The summed E-state index contributed by atoms with van der Waals surface area (Å²) in [5, 5.41) is 10.2. The molecule has 0 radical (unpaired) electrons. The maximum Gasteiger partial charge on any atom is 0.0702 e. The van der Waals surface area contributed by atoms with Gasteiger partial charge in [0, 0.05) is 18.7 Å². The van der Waals surface area contributed by atoms with E-state index < -0.39 is 0 Å². The SMILES string of the molecule is CCN(CC1CCC1)c1c(Cl)cccc1CO. The number of hydrogen-bond acceptors (Lipinski definition) is 2. The fourth-order valence-electron chi connectivity index (χ4n) is 2.41. The first-order valence-corrected chi connectivity index (χ1v) is 6.77. The van der Waals surface area contributed by atoms with Gasteiger partial charge in [-0.2, -0.15) is 0 Å². The van der Waals surface area contributed by atoms with Gasteiger partial charge in [0.25, 0.3) is 0 Å². The Morgan fingerprint density at radius 3 is 2.71 bits per heavy atom. The van der Waals surface area contributed by atoms with E-state index in [0.29, 0.717) is 0 Å². The molecule has 1 saturated carbocycles. The van der Waals surface area contributed by atoms with E-state index in [-0.39, 0.29) is 6.61 Å². The van der Waals surface area contributed by atoms with E-state index in [0.717, 1.165) is 35.3 Å². The zero-order valence-electron chi connectivity index (χ0n) is 10.3. The number of para-hydroxylation sites is 1. The van der Waals surface area contributed by atoms with Crippen LogP contribution in [0.4, 0.5) is 5.69 Å². The first-order valence-electron chi connectivity index (χ1n) is 6.39. The Hall–Kier alpha value is -0.730. The van der Waals surface area contributed by atoms with E-state index in [4.69, 9.17) is 11.6 Å². The molecule has 0 unspecified atom stereocenters. The topological polar surface area (TPSA) is 23.5 Å². The third-order valence-corrected chi connectivity index (χ3v) is 3.95. The van der Waals surface area contributed by atoms with Crippen molar-refractivity contribution in [3.05, 3.63) is 28.8 Å². The number of halogens is 1. The molecule has 0 spiro atoms. The average Bonchev–Trinajstić information content (AvgIpc) is 2.29. The van der Waals surface area contributed by atoms with E-state index in [1.165, 1.54) is 19.3 Å². The maximum atomic E-state index is 9.41. The van der Waals surface area contributed by atoms with Gasteiger partial charge in [-0.15, -0.1) is 0 Å². The number of aliphatic hydroxyl groups excluding tert-OH is 1. The van der Waals surface area contributed by atoms with Crippen molar-refractivity contribution in [2.45, 2.75) is 32.8 Å². The van der Waals surface area contributed by atoms with Gasteiger partial charge in [-0.3, -0.25) is 0 Å². The average molecular weight is 254 g/mol. The maximum absolute atomic E-state index is 9.41.